The van der Waals surface area contributed by atoms with E-state index in [0.717, 1.165) is 17.5 Å². The second-order valence-electron chi connectivity index (χ2n) is 9.40. The topological polar surface area (TPSA) is 160 Å². The highest BCUT2D eigenvalue weighted by Crippen LogP contribution is 2.13. The number of amides is 3. The number of nitrogens with one attached hydrogen (secondary N) is 3. The molecular weight excluding hydrogens is 470 g/mol. The molecule has 2 rings (SSSR count). The van der Waals surface area contributed by atoms with Crippen molar-refractivity contribution in [2.24, 2.45) is 17.4 Å². The predicted molar refractivity (Wildman–Crippen MR) is 144 cm³/mol. The molecular formula is C28H41N5O4. The monoisotopic (exact) mass is 511 g/mol. The molecule has 9 nitrogen and oxygen atoms in total. The Hall–Kier alpha value is -3.43. The Bertz CT molecular complexity index is 984. The van der Waals surface area contributed by atoms with E-state index >= 15 is 0 Å². The molecule has 0 saturated carbocycles. The van der Waals surface area contributed by atoms with Crippen LogP contribution in [0.15, 0.2) is 54.6 Å². The van der Waals surface area contributed by atoms with E-state index in [9.17, 15) is 19.5 Å². The first-order valence-electron chi connectivity index (χ1n) is 12.9. The lowest BCUT2D eigenvalue weighted by atomic mass is 9.97. The number of carbonyl (C=O) groups is 3. The van der Waals surface area contributed by atoms with Crippen molar-refractivity contribution in [3.63, 3.8) is 0 Å². The lowest BCUT2D eigenvalue weighted by molar-refractivity contribution is -0.133. The SMILES string of the molecule is CCC(C)[C@H](NC(=O)[C@H](Cc1ccc(O)cc1)NC(=O)[C@@H](N)CCCCN)C(=O)NCc1ccccc1. The van der Waals surface area contributed by atoms with Gasteiger partial charge in [0.05, 0.1) is 6.04 Å². The molecule has 1 unspecified atom stereocenters. The zero-order chi connectivity index (χ0) is 27.2. The third-order valence-corrected chi connectivity index (χ3v) is 6.42. The minimum absolute atomic E-state index is 0.0997. The molecule has 0 spiro atoms. The van der Waals surface area contributed by atoms with Crippen molar-refractivity contribution in [3.05, 3.63) is 65.7 Å². The summed E-state index contributed by atoms with van der Waals surface area (Å²) in [6.45, 7) is 4.70. The second kappa shape index (κ2) is 15.6. The van der Waals surface area contributed by atoms with Gasteiger partial charge in [-0.05, 0) is 48.6 Å². The van der Waals surface area contributed by atoms with Crippen LogP contribution in [0.2, 0.25) is 0 Å². The lowest BCUT2D eigenvalue weighted by Gasteiger charge is -2.27. The van der Waals surface area contributed by atoms with Crippen LogP contribution in [0.5, 0.6) is 5.75 Å². The highest BCUT2D eigenvalue weighted by atomic mass is 16.3. The Balaban J connectivity index is 2.15. The Morgan fingerprint density at radius 2 is 1.57 bits per heavy atom. The van der Waals surface area contributed by atoms with Crippen LogP contribution >= 0.6 is 0 Å². The maximum Gasteiger partial charge on any atom is 0.243 e. The number of phenols is 1. The van der Waals surface area contributed by atoms with Gasteiger partial charge in [0, 0.05) is 13.0 Å². The summed E-state index contributed by atoms with van der Waals surface area (Å²) in [7, 11) is 0. The van der Waals surface area contributed by atoms with Gasteiger partial charge in [-0.1, -0.05) is 69.2 Å². The standard InChI is InChI=1S/C28H41N5O4/c1-3-19(2)25(28(37)31-18-21-9-5-4-6-10-21)33-27(36)24(17-20-12-14-22(34)15-13-20)32-26(35)23(30)11-7-8-16-29/h4-6,9-10,12-15,19,23-25,34H,3,7-8,11,16-18,29-30H2,1-2H3,(H,31,37)(H,32,35)(H,33,36)/t19?,23-,24-,25-/m0/s1. The number of phenolic OH excluding ortho intramolecular Hbond substituents is 1. The Kier molecular flexibility index (Phi) is 12.6. The van der Waals surface area contributed by atoms with Crippen molar-refractivity contribution in [2.45, 2.75) is 70.6 Å². The van der Waals surface area contributed by atoms with Crippen LogP contribution in [0, 0.1) is 5.92 Å². The maximum absolute atomic E-state index is 13.4. The number of carbonyl (C=O) groups excluding carboxylic acids is 3. The maximum atomic E-state index is 13.4. The Morgan fingerprint density at radius 3 is 2.19 bits per heavy atom. The summed E-state index contributed by atoms with van der Waals surface area (Å²) in [4.78, 5) is 39.3. The van der Waals surface area contributed by atoms with E-state index in [0.29, 0.717) is 32.4 Å². The Morgan fingerprint density at radius 1 is 0.892 bits per heavy atom. The quantitative estimate of drug-likeness (QED) is 0.200. The van der Waals surface area contributed by atoms with Crippen LogP contribution in [-0.4, -0.2) is 47.5 Å². The van der Waals surface area contributed by atoms with Gasteiger partial charge in [0.2, 0.25) is 17.7 Å². The number of rotatable bonds is 15. The van der Waals surface area contributed by atoms with Gasteiger partial charge in [-0.2, -0.15) is 0 Å². The molecule has 0 bridgehead atoms. The molecule has 0 aliphatic carbocycles. The van der Waals surface area contributed by atoms with E-state index in [1.807, 2.05) is 44.2 Å². The number of hydrogen-bond donors (Lipinski definition) is 6. The van der Waals surface area contributed by atoms with Crippen LogP contribution in [0.4, 0.5) is 0 Å². The van der Waals surface area contributed by atoms with Gasteiger partial charge >= 0.3 is 0 Å². The lowest BCUT2D eigenvalue weighted by Crippen LogP contribution is -2.57. The van der Waals surface area contributed by atoms with E-state index in [2.05, 4.69) is 16.0 Å². The number of hydrogen-bond acceptors (Lipinski definition) is 6. The molecule has 4 atom stereocenters. The zero-order valence-corrected chi connectivity index (χ0v) is 21.8. The molecule has 8 N–H and O–H groups in total. The first kappa shape index (κ1) is 29.8. The van der Waals surface area contributed by atoms with E-state index in [1.54, 1.807) is 12.1 Å². The number of unbranched alkanes of at least 4 members (excludes halogenated alkanes) is 1. The van der Waals surface area contributed by atoms with Gasteiger partial charge < -0.3 is 32.5 Å². The zero-order valence-electron chi connectivity index (χ0n) is 21.8. The molecule has 0 saturated heterocycles. The molecule has 0 aromatic heterocycles. The first-order valence-corrected chi connectivity index (χ1v) is 12.9. The molecule has 3 amide bonds. The summed E-state index contributed by atoms with van der Waals surface area (Å²) >= 11 is 0. The molecule has 0 aliphatic heterocycles. The van der Waals surface area contributed by atoms with Crippen molar-refractivity contribution in [1.82, 2.24) is 16.0 Å². The summed E-state index contributed by atoms with van der Waals surface area (Å²) in [5.74, 6) is -1.24. The number of aromatic hydroxyl groups is 1. The minimum Gasteiger partial charge on any atom is -0.508 e. The fraction of sp³-hybridized carbons (Fsp3) is 0.464. The van der Waals surface area contributed by atoms with Crippen molar-refractivity contribution in [2.75, 3.05) is 6.54 Å². The van der Waals surface area contributed by atoms with E-state index in [-0.39, 0.29) is 24.0 Å². The van der Waals surface area contributed by atoms with E-state index < -0.39 is 29.9 Å². The van der Waals surface area contributed by atoms with Crippen molar-refractivity contribution >= 4 is 17.7 Å². The average Bonchev–Trinajstić information content (AvgIpc) is 2.91. The molecule has 0 heterocycles. The molecule has 9 heteroatoms. The average molecular weight is 512 g/mol. The highest BCUT2D eigenvalue weighted by molar-refractivity contribution is 5.93. The van der Waals surface area contributed by atoms with Crippen LogP contribution < -0.4 is 27.4 Å². The fourth-order valence-corrected chi connectivity index (χ4v) is 3.85. The molecule has 2 aromatic rings. The summed E-state index contributed by atoms with van der Waals surface area (Å²) < 4.78 is 0. The largest absolute Gasteiger partial charge is 0.508 e. The third-order valence-electron chi connectivity index (χ3n) is 6.42. The number of nitrogens with two attached hydrogens (primary N) is 2. The summed E-state index contributed by atoms with van der Waals surface area (Å²) in [6.07, 6.45) is 2.76. The van der Waals surface area contributed by atoms with E-state index in [4.69, 9.17) is 11.5 Å². The highest BCUT2D eigenvalue weighted by Gasteiger charge is 2.30. The molecule has 0 aliphatic rings. The third kappa shape index (κ3) is 10.2. The number of benzene rings is 2. The smallest absolute Gasteiger partial charge is 0.243 e. The van der Waals surface area contributed by atoms with Crippen molar-refractivity contribution < 1.29 is 19.5 Å². The molecule has 2 aromatic carbocycles. The van der Waals surface area contributed by atoms with Gasteiger partial charge in [0.15, 0.2) is 0 Å². The molecule has 0 radical (unpaired) electrons. The van der Waals surface area contributed by atoms with Gasteiger partial charge in [-0.15, -0.1) is 0 Å². The van der Waals surface area contributed by atoms with E-state index in [1.165, 1.54) is 12.1 Å². The van der Waals surface area contributed by atoms with Gasteiger partial charge in [-0.25, -0.2) is 0 Å². The van der Waals surface area contributed by atoms with Gasteiger partial charge in [0.1, 0.15) is 17.8 Å². The van der Waals surface area contributed by atoms with Crippen LogP contribution in [0.1, 0.15) is 50.7 Å². The van der Waals surface area contributed by atoms with Crippen molar-refractivity contribution in [3.8, 4) is 5.75 Å². The first-order chi connectivity index (χ1) is 17.7. The normalized spacial score (nSPS) is 14.2. The van der Waals surface area contributed by atoms with Crippen LogP contribution in [0.25, 0.3) is 0 Å². The Labute approximate surface area is 219 Å². The van der Waals surface area contributed by atoms with Gasteiger partial charge in [-0.3, -0.25) is 14.4 Å². The summed E-state index contributed by atoms with van der Waals surface area (Å²) in [5, 5.41) is 18.1. The molecule has 0 fully saturated rings. The molecule has 202 valence electrons. The minimum atomic E-state index is -0.953. The van der Waals surface area contributed by atoms with Gasteiger partial charge in [0.25, 0.3) is 0 Å². The predicted octanol–water partition coefficient (Wildman–Crippen LogP) is 1.72. The molecule has 37 heavy (non-hydrogen) atoms. The summed E-state index contributed by atoms with van der Waals surface area (Å²) in [6, 6.07) is 13.4. The van der Waals surface area contributed by atoms with Crippen molar-refractivity contribution in [1.29, 1.82) is 0 Å². The fourth-order valence-electron chi connectivity index (χ4n) is 3.85. The summed E-state index contributed by atoms with van der Waals surface area (Å²) in [5.41, 5.74) is 13.3. The van der Waals surface area contributed by atoms with Crippen LogP contribution in [0.3, 0.4) is 0 Å². The van der Waals surface area contributed by atoms with Crippen LogP contribution in [-0.2, 0) is 27.3 Å². The second-order valence-corrected chi connectivity index (χ2v) is 9.40.